The fourth-order valence-corrected chi connectivity index (χ4v) is 6.84. The highest BCUT2D eigenvalue weighted by atomic mass is 15.4. The molecule has 0 saturated heterocycles. The topological polar surface area (TPSA) is 32.3 Å². The van der Waals surface area contributed by atoms with E-state index in [-0.39, 0.29) is 0 Å². The molecule has 0 bridgehead atoms. The lowest BCUT2D eigenvalue weighted by Gasteiger charge is -2.19. The highest BCUT2D eigenvalue weighted by Gasteiger charge is 2.28. The van der Waals surface area contributed by atoms with Gasteiger partial charge >= 0.3 is 0 Å². The average molecular weight is 633 g/mol. The van der Waals surface area contributed by atoms with Crippen LogP contribution in [0.15, 0.2) is 170 Å². The van der Waals surface area contributed by atoms with Crippen molar-refractivity contribution in [2.45, 2.75) is 6.92 Å². The normalized spacial score (nSPS) is 12.3. The van der Waals surface area contributed by atoms with Crippen LogP contribution in [-0.4, -0.2) is 23.6 Å². The van der Waals surface area contributed by atoms with Crippen LogP contribution >= 0.6 is 0 Å². The van der Waals surface area contributed by atoms with Crippen LogP contribution in [0.2, 0.25) is 0 Å². The van der Waals surface area contributed by atoms with E-state index in [1.54, 1.807) is 0 Å². The zero-order chi connectivity index (χ0) is 33.3. The van der Waals surface area contributed by atoms with Crippen LogP contribution in [0.25, 0.3) is 67.3 Å². The van der Waals surface area contributed by atoms with Crippen LogP contribution in [0.1, 0.15) is 6.92 Å². The van der Waals surface area contributed by atoms with E-state index in [0.29, 0.717) is 5.82 Å². The minimum absolute atomic E-state index is 0.708. The van der Waals surface area contributed by atoms with E-state index in [1.807, 2.05) is 24.3 Å². The molecule has 0 saturated carbocycles. The number of para-hydroxylation sites is 1. The van der Waals surface area contributed by atoms with Gasteiger partial charge in [0.2, 0.25) is 0 Å². The Balaban J connectivity index is 1.14. The predicted molar refractivity (Wildman–Crippen MR) is 205 cm³/mol. The lowest BCUT2D eigenvalue weighted by Crippen LogP contribution is -2.24. The minimum Gasteiger partial charge on any atom is -0.329 e. The van der Waals surface area contributed by atoms with Gasteiger partial charge in [-0.2, -0.15) is 0 Å². The molecule has 4 nitrogen and oxygen atoms in total. The largest absolute Gasteiger partial charge is 0.329 e. The number of benzene rings is 6. The van der Waals surface area contributed by atoms with E-state index in [2.05, 4.69) is 164 Å². The molecule has 2 heterocycles. The number of hydrogen-bond acceptors (Lipinski definition) is 4. The Morgan fingerprint density at radius 2 is 1.00 bits per heavy atom. The van der Waals surface area contributed by atoms with Gasteiger partial charge in [-0.1, -0.05) is 152 Å². The molecule has 236 valence electrons. The summed E-state index contributed by atoms with van der Waals surface area (Å²) < 4.78 is 0. The van der Waals surface area contributed by atoms with Crippen LogP contribution < -0.4 is 9.80 Å². The minimum atomic E-state index is 0.708. The summed E-state index contributed by atoms with van der Waals surface area (Å²) >= 11 is 0. The van der Waals surface area contributed by atoms with Crippen LogP contribution in [0.4, 0.5) is 11.4 Å². The van der Waals surface area contributed by atoms with Gasteiger partial charge in [-0.05, 0) is 46.9 Å². The van der Waals surface area contributed by atoms with Crippen molar-refractivity contribution in [3.63, 3.8) is 0 Å². The Labute approximate surface area is 288 Å². The number of nitrogens with zero attached hydrogens (tertiary/aromatic N) is 4. The van der Waals surface area contributed by atoms with Gasteiger partial charge < -0.3 is 9.80 Å². The fraction of sp³-hybridized carbons (Fsp3) is 0.0667. The quantitative estimate of drug-likeness (QED) is 0.175. The van der Waals surface area contributed by atoms with Gasteiger partial charge in [0.05, 0.1) is 22.8 Å². The highest BCUT2D eigenvalue weighted by molar-refractivity contribution is 5.94. The third-order valence-corrected chi connectivity index (χ3v) is 9.41. The maximum atomic E-state index is 5.10. The van der Waals surface area contributed by atoms with Crippen molar-refractivity contribution in [2.24, 2.45) is 0 Å². The summed E-state index contributed by atoms with van der Waals surface area (Å²) in [5.74, 6) is 1.72. The van der Waals surface area contributed by atoms with E-state index in [4.69, 9.17) is 9.97 Å². The van der Waals surface area contributed by atoms with Crippen molar-refractivity contribution >= 4 is 11.4 Å². The zero-order valence-corrected chi connectivity index (χ0v) is 27.7. The molecule has 0 aliphatic carbocycles. The van der Waals surface area contributed by atoms with Crippen molar-refractivity contribution in [1.82, 2.24) is 9.97 Å². The van der Waals surface area contributed by atoms with Gasteiger partial charge in [-0.25, -0.2) is 9.97 Å². The maximum absolute atomic E-state index is 5.10. The predicted octanol–water partition coefficient (Wildman–Crippen LogP) is 11.2. The second kappa shape index (κ2) is 12.7. The van der Waals surface area contributed by atoms with Crippen LogP contribution in [-0.2, 0) is 0 Å². The number of fused-ring (bicyclic) bond motifs is 1. The van der Waals surface area contributed by atoms with E-state index in [9.17, 15) is 0 Å². The lowest BCUT2D eigenvalue weighted by molar-refractivity contribution is 0.953. The van der Waals surface area contributed by atoms with Gasteiger partial charge in [-0.15, -0.1) is 0 Å². The number of aromatic nitrogens is 2. The molecule has 0 spiro atoms. The Morgan fingerprint density at radius 3 is 1.65 bits per heavy atom. The first-order valence-electron chi connectivity index (χ1n) is 16.7. The number of rotatable bonds is 7. The van der Waals surface area contributed by atoms with Gasteiger partial charge in [0.25, 0.3) is 0 Å². The van der Waals surface area contributed by atoms with E-state index < -0.39 is 0 Å². The van der Waals surface area contributed by atoms with Crippen LogP contribution in [0, 0.1) is 0 Å². The molecule has 0 N–H and O–H groups in total. The van der Waals surface area contributed by atoms with Gasteiger partial charge in [0.15, 0.2) is 5.82 Å². The van der Waals surface area contributed by atoms with Crippen molar-refractivity contribution in [3.05, 3.63) is 170 Å². The monoisotopic (exact) mass is 632 g/mol. The molecule has 1 aliphatic heterocycles. The smallest absolute Gasteiger partial charge is 0.160 e. The third-order valence-electron chi connectivity index (χ3n) is 9.41. The number of hydrogen-bond donors (Lipinski definition) is 0. The molecule has 0 fully saturated rings. The molecule has 7 aromatic rings. The third kappa shape index (κ3) is 5.57. The van der Waals surface area contributed by atoms with Crippen molar-refractivity contribution in [2.75, 3.05) is 23.4 Å². The van der Waals surface area contributed by atoms with E-state index >= 15 is 0 Å². The summed E-state index contributed by atoms with van der Waals surface area (Å²) in [6.07, 6.45) is 0. The van der Waals surface area contributed by atoms with Crippen LogP contribution in [0.5, 0.6) is 0 Å². The summed E-state index contributed by atoms with van der Waals surface area (Å²) in [7, 11) is 2.10. The molecule has 8 rings (SSSR count). The zero-order valence-electron chi connectivity index (χ0n) is 27.7. The molecule has 1 aliphatic rings. The molecule has 0 unspecified atom stereocenters. The van der Waals surface area contributed by atoms with Gasteiger partial charge in [0.1, 0.15) is 5.82 Å². The Bertz CT molecular complexity index is 2280. The maximum Gasteiger partial charge on any atom is 0.160 e. The van der Waals surface area contributed by atoms with E-state index in [1.165, 1.54) is 28.1 Å². The first-order chi connectivity index (χ1) is 24.1. The average Bonchev–Trinajstić information content (AvgIpc) is 3.43. The molecule has 1 aromatic heterocycles. The second-order valence-electron chi connectivity index (χ2n) is 12.3. The summed E-state index contributed by atoms with van der Waals surface area (Å²) in [5.41, 5.74) is 14.3. The molecule has 4 heteroatoms. The summed E-state index contributed by atoms with van der Waals surface area (Å²) in [5, 5.41) is 0. The SMILES string of the molecule is C=C1N(C)c2c(-c3ccc(-c4ccc(-c5cc(-c6ccccc6-c6ccccc6)nc(-c6ccccc6)n5)cc4)cc3)cccc2N1CC. The van der Waals surface area contributed by atoms with E-state index in [0.717, 1.165) is 57.1 Å². The Morgan fingerprint density at radius 1 is 0.490 bits per heavy atom. The van der Waals surface area contributed by atoms with Crippen molar-refractivity contribution in [3.8, 4) is 67.3 Å². The highest BCUT2D eigenvalue weighted by Crippen LogP contribution is 2.46. The van der Waals surface area contributed by atoms with Crippen molar-refractivity contribution in [1.29, 1.82) is 0 Å². The van der Waals surface area contributed by atoms with Gasteiger partial charge in [-0.3, -0.25) is 0 Å². The fourth-order valence-electron chi connectivity index (χ4n) is 6.84. The molecular weight excluding hydrogens is 597 g/mol. The molecular formula is C45H36N4. The molecule has 0 radical (unpaired) electrons. The Hall–Kier alpha value is -6.26. The summed E-state index contributed by atoms with van der Waals surface area (Å²) in [6, 6.07) is 55.3. The standard InChI is InChI=1S/C45H36N4/c1-4-49-31(2)48(3)44-39(20-13-21-43(44)49)35-26-22-32(23-27-35)33-24-28-36(29-25-33)41-30-42(47-45(46-41)37-16-9-6-10-17-37)40-19-12-11-18-38(40)34-14-7-5-8-15-34/h5-30H,2,4H2,1,3H3. The first-order valence-corrected chi connectivity index (χ1v) is 16.7. The first kappa shape index (κ1) is 30.1. The number of anilines is 2. The molecule has 0 atom stereocenters. The molecule has 0 amide bonds. The van der Waals surface area contributed by atoms with Crippen LogP contribution in [0.3, 0.4) is 0 Å². The van der Waals surface area contributed by atoms with Gasteiger partial charge in [0, 0.05) is 35.8 Å². The molecule has 49 heavy (non-hydrogen) atoms. The lowest BCUT2D eigenvalue weighted by atomic mass is 9.96. The Kier molecular flexibility index (Phi) is 7.83. The van der Waals surface area contributed by atoms with Crippen molar-refractivity contribution < 1.29 is 0 Å². The summed E-state index contributed by atoms with van der Waals surface area (Å²) in [6.45, 7) is 7.37. The molecule has 6 aromatic carbocycles. The summed E-state index contributed by atoms with van der Waals surface area (Å²) in [4.78, 5) is 14.6. The second-order valence-corrected chi connectivity index (χ2v) is 12.3.